The number of hydrogen-bond acceptors (Lipinski definition) is 6. The first-order valence-electron chi connectivity index (χ1n) is 11.6. The predicted octanol–water partition coefficient (Wildman–Crippen LogP) is 3.72. The number of aromatic nitrogens is 3. The minimum absolute atomic E-state index is 0.103. The van der Waals surface area contributed by atoms with Crippen molar-refractivity contribution in [1.29, 1.82) is 0 Å². The summed E-state index contributed by atoms with van der Waals surface area (Å²) in [4.78, 5) is 32.9. The third-order valence-electron chi connectivity index (χ3n) is 6.66. The maximum atomic E-state index is 14.8. The van der Waals surface area contributed by atoms with E-state index < -0.39 is 5.82 Å². The van der Waals surface area contributed by atoms with Crippen LogP contribution < -0.4 is 10.6 Å². The Morgan fingerprint density at radius 1 is 1.05 bits per heavy atom. The van der Waals surface area contributed by atoms with E-state index in [0.29, 0.717) is 29.2 Å². The minimum Gasteiger partial charge on any atom is -0.507 e. The van der Waals surface area contributed by atoms with Gasteiger partial charge in [-0.1, -0.05) is 17.7 Å². The van der Waals surface area contributed by atoms with Gasteiger partial charge in [0.05, 0.1) is 23.3 Å². The van der Waals surface area contributed by atoms with E-state index in [1.807, 2.05) is 23.9 Å². The first kappa shape index (κ1) is 24.7. The summed E-state index contributed by atoms with van der Waals surface area (Å²) in [5.41, 5.74) is 1.81. The van der Waals surface area contributed by atoms with E-state index in [1.54, 1.807) is 56.0 Å². The number of phenols is 1. The lowest BCUT2D eigenvalue weighted by Crippen LogP contribution is -2.35. The van der Waals surface area contributed by atoms with Gasteiger partial charge in [-0.15, -0.1) is 0 Å². The minimum atomic E-state index is -0.537. The third-order valence-corrected chi connectivity index (χ3v) is 6.96. The standard InChI is InChI=1S/C27H25ClFN5O3/c1-31(2)23-14-33(15-24(23)35)25-11-17(6-7-30-25)20-13-18(29)12-19(26(20)36)16-4-5-22(21(28)10-16)34-9-8-32(3)27(34)37/h4-13,23,36H,14-15H2,1-3H3/t23-/m1/s1. The lowest BCUT2D eigenvalue weighted by Gasteiger charge is -2.20. The number of hydrogen-bond donors (Lipinski definition) is 1. The maximum Gasteiger partial charge on any atom is 0.332 e. The largest absolute Gasteiger partial charge is 0.507 e. The summed E-state index contributed by atoms with van der Waals surface area (Å²) < 4.78 is 17.6. The molecule has 8 nitrogen and oxygen atoms in total. The Labute approximate surface area is 217 Å². The number of Topliss-reactive ketones (excluding diaryl/α,β-unsaturated/α-hetero) is 1. The van der Waals surface area contributed by atoms with Crippen LogP contribution in [0.1, 0.15) is 0 Å². The highest BCUT2D eigenvalue weighted by Crippen LogP contribution is 2.41. The van der Waals surface area contributed by atoms with E-state index in [1.165, 1.54) is 21.3 Å². The lowest BCUT2D eigenvalue weighted by atomic mass is 9.97. The molecule has 1 saturated heterocycles. The summed E-state index contributed by atoms with van der Waals surface area (Å²) in [6, 6.07) is 10.6. The van der Waals surface area contributed by atoms with E-state index in [0.717, 1.165) is 0 Å². The molecule has 2 aromatic carbocycles. The summed E-state index contributed by atoms with van der Waals surface area (Å²) in [6.45, 7) is 0.729. The number of carbonyl (C=O) groups excluding carboxylic acids is 1. The third kappa shape index (κ3) is 4.52. The molecule has 10 heteroatoms. The van der Waals surface area contributed by atoms with Crippen molar-refractivity contribution < 1.29 is 14.3 Å². The summed E-state index contributed by atoms with van der Waals surface area (Å²) in [5.74, 6) is 0.0138. The van der Waals surface area contributed by atoms with Crippen LogP contribution in [0.5, 0.6) is 5.75 Å². The van der Waals surface area contributed by atoms with E-state index in [4.69, 9.17) is 11.6 Å². The number of likely N-dealkylation sites (N-methyl/N-ethyl adjacent to an activating group) is 1. The van der Waals surface area contributed by atoms with E-state index in [9.17, 15) is 19.1 Å². The quantitative estimate of drug-likeness (QED) is 0.431. The van der Waals surface area contributed by atoms with Crippen molar-refractivity contribution >= 4 is 23.2 Å². The zero-order valence-corrected chi connectivity index (χ0v) is 21.3. The first-order valence-corrected chi connectivity index (χ1v) is 12.0. The first-order chi connectivity index (χ1) is 17.6. The Morgan fingerprint density at radius 3 is 2.35 bits per heavy atom. The van der Waals surface area contributed by atoms with Crippen LogP contribution >= 0.6 is 11.6 Å². The summed E-state index contributed by atoms with van der Waals surface area (Å²) >= 11 is 6.49. The second-order valence-corrected chi connectivity index (χ2v) is 9.71. The van der Waals surface area contributed by atoms with Crippen molar-refractivity contribution in [3.63, 3.8) is 0 Å². The molecule has 1 aliphatic heterocycles. The molecular weight excluding hydrogens is 497 g/mol. The Bertz CT molecular complexity index is 1580. The summed E-state index contributed by atoms with van der Waals surface area (Å²) in [5, 5.41) is 11.5. The Hall–Kier alpha value is -3.95. The Kier molecular flexibility index (Phi) is 6.35. The molecule has 5 rings (SSSR count). The molecule has 0 radical (unpaired) electrons. The van der Waals surface area contributed by atoms with Crippen molar-refractivity contribution in [2.24, 2.45) is 7.05 Å². The van der Waals surface area contributed by atoms with Crippen LogP contribution in [-0.2, 0) is 11.8 Å². The zero-order chi connectivity index (χ0) is 26.4. The number of aryl methyl sites for hydroxylation is 1. The second-order valence-electron chi connectivity index (χ2n) is 9.31. The van der Waals surface area contributed by atoms with Gasteiger partial charge >= 0.3 is 5.69 Å². The molecule has 1 fully saturated rings. The fourth-order valence-corrected chi connectivity index (χ4v) is 4.88. The summed E-state index contributed by atoms with van der Waals surface area (Å²) in [6.07, 6.45) is 4.81. The maximum absolute atomic E-state index is 14.8. The fourth-order valence-electron chi connectivity index (χ4n) is 4.61. The molecule has 4 aromatic rings. The Morgan fingerprint density at radius 2 is 1.76 bits per heavy atom. The molecule has 0 aliphatic carbocycles. The highest BCUT2D eigenvalue weighted by atomic mass is 35.5. The van der Waals surface area contributed by atoms with Crippen LogP contribution in [0, 0.1) is 5.82 Å². The van der Waals surface area contributed by atoms with E-state index in [2.05, 4.69) is 4.98 Å². The van der Waals surface area contributed by atoms with Crippen LogP contribution in [0.25, 0.3) is 27.9 Å². The average Bonchev–Trinajstić information content (AvgIpc) is 3.42. The molecule has 1 atom stereocenters. The van der Waals surface area contributed by atoms with Gasteiger partial charge in [-0.3, -0.25) is 14.3 Å². The molecule has 1 aliphatic rings. The highest BCUT2D eigenvalue weighted by molar-refractivity contribution is 6.32. The number of rotatable bonds is 5. The van der Waals surface area contributed by atoms with Crippen LogP contribution in [-0.4, -0.2) is 63.1 Å². The molecule has 0 amide bonds. The smallest absolute Gasteiger partial charge is 0.332 e. The van der Waals surface area contributed by atoms with Crippen LogP contribution in [0.15, 0.2) is 65.8 Å². The van der Waals surface area contributed by atoms with Crippen molar-refractivity contribution in [3.05, 3.63) is 82.4 Å². The van der Waals surface area contributed by atoms with Gasteiger partial charge in [-0.05, 0) is 61.6 Å². The molecule has 0 bridgehead atoms. The molecule has 37 heavy (non-hydrogen) atoms. The molecule has 0 spiro atoms. The van der Waals surface area contributed by atoms with Gasteiger partial charge in [0.15, 0.2) is 5.78 Å². The normalized spacial score (nSPS) is 15.7. The van der Waals surface area contributed by atoms with Gasteiger partial charge in [0.1, 0.15) is 17.4 Å². The molecule has 3 heterocycles. The monoisotopic (exact) mass is 521 g/mol. The van der Waals surface area contributed by atoms with E-state index in [-0.39, 0.29) is 46.0 Å². The van der Waals surface area contributed by atoms with Crippen LogP contribution in [0.4, 0.5) is 10.2 Å². The molecule has 2 aromatic heterocycles. The molecule has 1 N–H and O–H groups in total. The number of imidazole rings is 1. The van der Waals surface area contributed by atoms with Gasteiger partial charge in [-0.2, -0.15) is 0 Å². The van der Waals surface area contributed by atoms with E-state index >= 15 is 0 Å². The number of halogens is 2. The van der Waals surface area contributed by atoms with Crippen molar-refractivity contribution in [2.45, 2.75) is 6.04 Å². The van der Waals surface area contributed by atoms with Gasteiger partial charge < -0.3 is 14.6 Å². The van der Waals surface area contributed by atoms with Gasteiger partial charge in [0, 0.05) is 43.3 Å². The SMILES string of the molecule is CN(C)[C@@H]1CN(c2cc(-c3cc(F)cc(-c4ccc(-n5ccn(C)c5=O)c(Cl)c4)c3O)ccn2)CC1=O. The van der Waals surface area contributed by atoms with Gasteiger partial charge in [0.2, 0.25) is 0 Å². The zero-order valence-electron chi connectivity index (χ0n) is 20.5. The number of anilines is 1. The number of phenolic OH excluding ortho intramolecular Hbond substituents is 1. The Balaban J connectivity index is 1.52. The molecule has 0 saturated carbocycles. The number of pyridine rings is 1. The van der Waals surface area contributed by atoms with Gasteiger partial charge in [0.25, 0.3) is 0 Å². The topological polar surface area (TPSA) is 83.6 Å². The van der Waals surface area contributed by atoms with Crippen molar-refractivity contribution in [3.8, 4) is 33.7 Å². The number of carbonyl (C=O) groups is 1. The van der Waals surface area contributed by atoms with Gasteiger partial charge in [-0.25, -0.2) is 14.2 Å². The molecule has 190 valence electrons. The fraction of sp³-hybridized carbons (Fsp3) is 0.222. The van der Waals surface area contributed by atoms with Crippen molar-refractivity contribution in [1.82, 2.24) is 19.0 Å². The summed E-state index contributed by atoms with van der Waals surface area (Å²) in [7, 11) is 5.36. The molecule has 0 unspecified atom stereocenters. The number of benzene rings is 2. The van der Waals surface area contributed by atoms with Crippen molar-refractivity contribution in [2.75, 3.05) is 32.1 Å². The number of aromatic hydroxyl groups is 1. The highest BCUT2D eigenvalue weighted by Gasteiger charge is 2.33. The average molecular weight is 522 g/mol. The molecular formula is C27H25ClFN5O3. The lowest BCUT2D eigenvalue weighted by molar-refractivity contribution is -0.119. The van der Waals surface area contributed by atoms with Crippen LogP contribution in [0.3, 0.4) is 0 Å². The van der Waals surface area contributed by atoms with Crippen LogP contribution in [0.2, 0.25) is 5.02 Å². The second kappa shape index (κ2) is 9.49. The number of nitrogens with zero attached hydrogens (tertiary/aromatic N) is 5. The predicted molar refractivity (Wildman–Crippen MR) is 141 cm³/mol. The number of ketones is 1.